The zero-order valence-corrected chi connectivity index (χ0v) is 31.1. The monoisotopic (exact) mass is 721 g/mol. The molecular weight excluding hydrogens is 676 g/mol. The molecule has 0 saturated heterocycles. The van der Waals surface area contributed by atoms with Crippen LogP contribution < -0.4 is 20.5 Å². The summed E-state index contributed by atoms with van der Waals surface area (Å²) in [6.07, 6.45) is 9.62. The molecule has 3 aromatic rings. The Morgan fingerprint density at radius 3 is 2.54 bits per heavy atom. The first kappa shape index (κ1) is 39.3. The van der Waals surface area contributed by atoms with Crippen molar-refractivity contribution in [2.75, 3.05) is 25.3 Å². The van der Waals surface area contributed by atoms with Crippen LogP contribution in [-0.2, 0) is 18.8 Å². The van der Waals surface area contributed by atoms with Gasteiger partial charge in [-0.15, -0.1) is 0 Å². The molecule has 262 valence electrons. The number of halogens is 2. The third kappa shape index (κ3) is 11.5. The number of allylic oxidation sites excluding steroid dienone is 4. The maximum Gasteiger partial charge on any atom is 0.326 e. The van der Waals surface area contributed by atoms with Gasteiger partial charge in [0.25, 0.3) is 0 Å². The molecule has 0 aliphatic rings. The van der Waals surface area contributed by atoms with Crippen LogP contribution in [0.2, 0.25) is 5.02 Å². The van der Waals surface area contributed by atoms with E-state index >= 15 is 0 Å². The van der Waals surface area contributed by atoms with Crippen molar-refractivity contribution in [3.63, 3.8) is 0 Å². The van der Waals surface area contributed by atoms with Gasteiger partial charge in [-0.3, -0.25) is 14.4 Å². The molecule has 0 fully saturated rings. The van der Waals surface area contributed by atoms with Crippen molar-refractivity contribution in [3.8, 4) is 5.75 Å². The Hall–Kier alpha value is -3.09. The van der Waals surface area contributed by atoms with E-state index in [1.165, 1.54) is 11.3 Å². The van der Waals surface area contributed by atoms with Crippen molar-refractivity contribution in [2.45, 2.75) is 79.2 Å². The first-order chi connectivity index (χ1) is 22.7. The van der Waals surface area contributed by atoms with Gasteiger partial charge in [0.2, 0.25) is 0 Å². The summed E-state index contributed by atoms with van der Waals surface area (Å²) >= 11 is 12.4. The quantitative estimate of drug-likeness (QED) is 0.0438. The van der Waals surface area contributed by atoms with E-state index in [0.717, 1.165) is 12.0 Å². The lowest BCUT2D eigenvalue weighted by atomic mass is 10.1. The first-order valence-electron chi connectivity index (χ1n) is 15.5. The Labute approximate surface area is 294 Å². The fourth-order valence-corrected chi connectivity index (χ4v) is 6.03. The highest BCUT2D eigenvalue weighted by Crippen LogP contribution is 2.39. The van der Waals surface area contributed by atoms with Crippen LogP contribution in [0.4, 0.5) is 5.82 Å². The molecule has 0 amide bonds. The van der Waals surface area contributed by atoms with E-state index in [1.54, 1.807) is 58.4 Å². The van der Waals surface area contributed by atoms with Crippen LogP contribution in [0.1, 0.15) is 67.5 Å². The lowest BCUT2D eigenvalue weighted by Crippen LogP contribution is -2.46. The van der Waals surface area contributed by atoms with Crippen LogP contribution >= 0.6 is 31.7 Å². The molecule has 3 rings (SSSR count). The minimum Gasteiger partial charge on any atom is -0.459 e. The van der Waals surface area contributed by atoms with Crippen LogP contribution in [0.15, 0.2) is 71.3 Å². The normalized spacial score (nSPS) is 14.9. The number of carbonyl (C=O) groups is 1. The number of imidazole rings is 1. The third-order valence-electron chi connectivity index (χ3n) is 6.96. The van der Waals surface area contributed by atoms with Gasteiger partial charge >= 0.3 is 14.5 Å². The van der Waals surface area contributed by atoms with Gasteiger partial charge in [0.1, 0.15) is 30.5 Å². The van der Waals surface area contributed by atoms with E-state index in [2.05, 4.69) is 27.0 Å². The highest BCUT2D eigenvalue weighted by Gasteiger charge is 2.35. The summed E-state index contributed by atoms with van der Waals surface area (Å²) in [6.45, 7) is 13.2. The first-order valence-corrected chi connectivity index (χ1v) is 17.5. The number of benzene rings is 1. The lowest BCUT2D eigenvalue weighted by molar-refractivity contribution is -0.148. The largest absolute Gasteiger partial charge is 0.459 e. The molecule has 0 spiro atoms. The molecule has 2 aromatic heterocycles. The number of anilines is 1. The maximum atomic E-state index is 13.4. The van der Waals surface area contributed by atoms with Crippen LogP contribution in [-0.4, -0.2) is 57.4 Å². The summed E-state index contributed by atoms with van der Waals surface area (Å²) in [5.41, 5.74) is 1.64. The second-order valence-electron chi connectivity index (χ2n) is 11.6. The molecule has 0 aliphatic heterocycles. The van der Waals surface area contributed by atoms with Gasteiger partial charge in [-0.2, -0.15) is 0 Å². The summed E-state index contributed by atoms with van der Waals surface area (Å²) in [6, 6.07) is 6.89. The van der Waals surface area contributed by atoms with Crippen molar-refractivity contribution in [2.24, 2.45) is 5.84 Å². The number of hydrogen-bond acceptors (Lipinski definition) is 11. The van der Waals surface area contributed by atoms with Gasteiger partial charge in [0.15, 0.2) is 17.0 Å². The molecule has 3 atom stereocenters. The van der Waals surface area contributed by atoms with E-state index in [1.807, 2.05) is 43.6 Å². The molecule has 1 aromatic carbocycles. The molecule has 0 saturated carbocycles. The summed E-state index contributed by atoms with van der Waals surface area (Å²) in [4.78, 5) is 26.5. The molecule has 48 heavy (non-hydrogen) atoms. The zero-order chi connectivity index (χ0) is 35.4. The Kier molecular flexibility index (Phi) is 15.3. The second kappa shape index (κ2) is 18.6. The Morgan fingerprint density at radius 1 is 1.21 bits per heavy atom. The highest BCUT2D eigenvalue weighted by molar-refractivity contribution is 7.45. The smallest absolute Gasteiger partial charge is 0.326 e. The van der Waals surface area contributed by atoms with Gasteiger partial charge in [-0.25, -0.2) is 25.9 Å². The Morgan fingerprint density at radius 2 is 1.92 bits per heavy atom. The Bertz CT molecular complexity index is 1590. The van der Waals surface area contributed by atoms with Crippen molar-refractivity contribution in [1.82, 2.24) is 24.6 Å². The number of nitrogens with one attached hydrogen (secondary N) is 1. The molecule has 12 nitrogen and oxygen atoms in total. The molecule has 0 aliphatic carbocycles. The number of carbonyl (C=O) groups excluding carboxylic acids is 1. The molecule has 2 heterocycles. The SMILES string of the molecule is C\C=C/C(C)=C\C(COC(=O)C(C)(C)NP(OCC(CCC)OC(C)n1cnc2c(N(C)N)ncnc21)Oc1ccc(Cl)cc1)=C(/C)Cl. The maximum absolute atomic E-state index is 13.4. The third-order valence-corrected chi connectivity index (χ3v) is 8.96. The van der Waals surface area contributed by atoms with E-state index in [0.29, 0.717) is 44.8 Å². The van der Waals surface area contributed by atoms with Crippen LogP contribution in [0.5, 0.6) is 5.75 Å². The van der Waals surface area contributed by atoms with Gasteiger partial charge in [-0.1, -0.05) is 60.3 Å². The zero-order valence-electron chi connectivity index (χ0n) is 28.7. The fraction of sp³-hybridized carbons (Fsp3) is 0.455. The van der Waals surface area contributed by atoms with Gasteiger partial charge in [0.05, 0.1) is 19.0 Å². The molecule has 0 bridgehead atoms. The van der Waals surface area contributed by atoms with Gasteiger partial charge in [-0.05, 0) is 72.2 Å². The number of ether oxygens (including phenoxy) is 2. The number of aromatic nitrogens is 4. The summed E-state index contributed by atoms with van der Waals surface area (Å²) in [7, 11) is -0.181. The van der Waals surface area contributed by atoms with Crippen molar-refractivity contribution in [1.29, 1.82) is 0 Å². The number of nitrogens with two attached hydrogens (primary N) is 1. The molecular formula is C33H46Cl2N7O5P. The predicted octanol–water partition coefficient (Wildman–Crippen LogP) is 7.76. The van der Waals surface area contributed by atoms with E-state index in [9.17, 15) is 4.79 Å². The summed E-state index contributed by atoms with van der Waals surface area (Å²) in [5.74, 6) is 6.44. The van der Waals surface area contributed by atoms with Crippen LogP contribution in [0, 0.1) is 0 Å². The standard InChI is InChI=1S/C33H46Cl2N7O5P/c1-9-11-22(3)17-25(23(4)34)18-44-32(43)33(6,7)40-48(47-27-15-13-26(35)14-16-27)45-19-28(12-10-2)46-24(5)42-21-39-29-30(41(8)36)37-20-38-31(29)42/h9,11,13-17,20-21,24,28,40H,10,12,18-19,36H2,1-8H3/b11-9-,22-17-,25-23-. The van der Waals surface area contributed by atoms with Crippen LogP contribution in [0.25, 0.3) is 11.2 Å². The van der Waals surface area contributed by atoms with Crippen molar-refractivity contribution < 1.29 is 23.3 Å². The number of esters is 1. The topological polar surface area (TPSA) is 139 Å². The van der Waals surface area contributed by atoms with E-state index in [-0.39, 0.29) is 19.3 Å². The fourth-order valence-electron chi connectivity index (χ4n) is 4.47. The highest BCUT2D eigenvalue weighted by atomic mass is 35.5. The van der Waals surface area contributed by atoms with Crippen LogP contribution in [0.3, 0.4) is 0 Å². The summed E-state index contributed by atoms with van der Waals surface area (Å²) in [5, 5.41) is 5.72. The molecule has 0 radical (unpaired) electrons. The molecule has 3 unspecified atom stereocenters. The number of rotatable bonds is 18. The number of fused-ring (bicyclic) bond motifs is 1. The Balaban J connectivity index is 1.76. The van der Waals surface area contributed by atoms with Crippen molar-refractivity contribution >= 4 is 54.7 Å². The number of nitrogens with zero attached hydrogens (tertiary/aromatic N) is 5. The van der Waals surface area contributed by atoms with Gasteiger partial charge < -0.3 is 18.5 Å². The van der Waals surface area contributed by atoms with E-state index < -0.39 is 26.3 Å². The predicted molar refractivity (Wildman–Crippen MR) is 193 cm³/mol. The molecule has 3 N–H and O–H groups in total. The van der Waals surface area contributed by atoms with E-state index in [4.69, 9.17) is 47.6 Å². The minimum absolute atomic E-state index is 0.00616. The van der Waals surface area contributed by atoms with Gasteiger partial charge in [0, 0.05) is 22.7 Å². The average Bonchev–Trinajstić information content (AvgIpc) is 3.47. The summed E-state index contributed by atoms with van der Waals surface area (Å²) < 4.78 is 26.5. The second-order valence-corrected chi connectivity index (χ2v) is 13.8. The molecule has 15 heteroatoms. The lowest BCUT2D eigenvalue weighted by Gasteiger charge is -2.30. The minimum atomic E-state index is -1.87. The van der Waals surface area contributed by atoms with Crippen molar-refractivity contribution in [3.05, 3.63) is 76.3 Å². The average molecular weight is 723 g/mol. The number of hydrogen-bond donors (Lipinski definition) is 2. The number of hydrazine groups is 1.